The first kappa shape index (κ1) is 19.6. The Balaban J connectivity index is 1.58. The lowest BCUT2D eigenvalue weighted by Crippen LogP contribution is -2.57. The number of nitrogens with zero attached hydrogens (tertiary/aromatic N) is 6. The highest BCUT2D eigenvalue weighted by molar-refractivity contribution is 5.85. The van der Waals surface area contributed by atoms with E-state index in [9.17, 15) is 5.26 Å². The van der Waals surface area contributed by atoms with Gasteiger partial charge in [0, 0.05) is 37.3 Å². The molecule has 1 N–H and O–H groups in total. The average Bonchev–Trinajstić information content (AvgIpc) is 2.79. The van der Waals surface area contributed by atoms with Crippen LogP contribution in [0.15, 0.2) is 59.7 Å². The molecule has 0 radical (unpaired) electrons. The van der Waals surface area contributed by atoms with Crippen LogP contribution in [-0.2, 0) is 0 Å². The van der Waals surface area contributed by atoms with Gasteiger partial charge >= 0.3 is 0 Å². The number of para-hydroxylation sites is 1. The molecule has 1 saturated heterocycles. The molecule has 0 bridgehead atoms. The van der Waals surface area contributed by atoms with Crippen LogP contribution in [0.2, 0.25) is 0 Å². The Morgan fingerprint density at radius 2 is 2.07 bits per heavy atom. The fraction of sp³-hybridized carbons (Fsp3) is 0.304. The number of hydrogen-bond acceptors (Lipinski definition) is 5. The summed E-state index contributed by atoms with van der Waals surface area (Å²) in [4.78, 5) is 18.4. The number of nitriles is 1. The van der Waals surface area contributed by atoms with Gasteiger partial charge in [-0.1, -0.05) is 25.1 Å². The van der Waals surface area contributed by atoms with E-state index in [1.165, 1.54) is 0 Å². The summed E-state index contributed by atoms with van der Waals surface area (Å²) in [6.07, 6.45) is 4.76. The minimum atomic E-state index is 0.212. The second-order valence-corrected chi connectivity index (χ2v) is 7.38. The fourth-order valence-corrected chi connectivity index (χ4v) is 3.83. The lowest BCUT2D eigenvalue weighted by Gasteiger charge is -2.42. The molecule has 1 atom stereocenters. The second kappa shape index (κ2) is 8.78. The SMILES string of the molecule is CCC1CN(c2ccc3cccnc3n2)CCN1C(=Nc1ccccc1C)NC#N. The highest BCUT2D eigenvalue weighted by Gasteiger charge is 2.29. The molecule has 3 heterocycles. The number of piperazine rings is 1. The molecule has 2 aromatic heterocycles. The monoisotopic (exact) mass is 399 g/mol. The van der Waals surface area contributed by atoms with Gasteiger partial charge in [-0.25, -0.2) is 15.0 Å². The summed E-state index contributed by atoms with van der Waals surface area (Å²) in [5.74, 6) is 1.54. The molecule has 1 aliphatic rings. The van der Waals surface area contributed by atoms with Gasteiger partial charge in [-0.2, -0.15) is 5.26 Å². The van der Waals surface area contributed by atoms with Crippen LogP contribution in [0.5, 0.6) is 0 Å². The number of nitrogens with one attached hydrogen (secondary N) is 1. The first-order valence-electron chi connectivity index (χ1n) is 10.2. The third-order valence-corrected chi connectivity index (χ3v) is 5.51. The van der Waals surface area contributed by atoms with Crippen molar-refractivity contribution in [1.29, 1.82) is 5.26 Å². The molecule has 0 saturated carbocycles. The molecular formula is C23H25N7. The summed E-state index contributed by atoms with van der Waals surface area (Å²) < 4.78 is 0. The molecule has 7 heteroatoms. The quantitative estimate of drug-likeness (QED) is 0.314. The molecule has 1 unspecified atom stereocenters. The molecular weight excluding hydrogens is 374 g/mol. The maximum atomic E-state index is 9.31. The number of aliphatic imine (C=N–C) groups is 1. The van der Waals surface area contributed by atoms with E-state index >= 15 is 0 Å². The molecule has 1 aliphatic heterocycles. The van der Waals surface area contributed by atoms with Crippen LogP contribution in [0.3, 0.4) is 0 Å². The standard InChI is InChI=1S/C23H25N7/c1-3-19-15-29(21-11-10-18-8-6-12-25-22(18)28-21)13-14-30(19)23(26-16-24)27-20-9-5-4-7-17(20)2/h4-12,19H,3,13-15H2,1-2H3,(H,26,27). The zero-order chi connectivity index (χ0) is 20.9. The van der Waals surface area contributed by atoms with Gasteiger partial charge in [0.15, 0.2) is 11.8 Å². The molecule has 152 valence electrons. The summed E-state index contributed by atoms with van der Waals surface area (Å²) in [5, 5.41) is 13.2. The van der Waals surface area contributed by atoms with Crippen molar-refractivity contribution in [2.75, 3.05) is 24.5 Å². The second-order valence-electron chi connectivity index (χ2n) is 7.38. The van der Waals surface area contributed by atoms with Gasteiger partial charge in [0.1, 0.15) is 5.82 Å². The third-order valence-electron chi connectivity index (χ3n) is 5.51. The summed E-state index contributed by atoms with van der Waals surface area (Å²) in [7, 11) is 0. The van der Waals surface area contributed by atoms with Gasteiger partial charge in [-0.05, 0) is 49.2 Å². The Kier molecular flexibility index (Phi) is 5.75. The van der Waals surface area contributed by atoms with Crippen molar-refractivity contribution in [2.45, 2.75) is 26.3 Å². The molecule has 30 heavy (non-hydrogen) atoms. The van der Waals surface area contributed by atoms with E-state index in [0.29, 0.717) is 5.96 Å². The zero-order valence-corrected chi connectivity index (χ0v) is 17.3. The van der Waals surface area contributed by atoms with E-state index in [1.807, 2.05) is 43.3 Å². The number of guanidine groups is 1. The van der Waals surface area contributed by atoms with Crippen LogP contribution in [0.4, 0.5) is 11.5 Å². The van der Waals surface area contributed by atoms with Gasteiger partial charge < -0.3 is 9.80 Å². The van der Waals surface area contributed by atoms with Crippen LogP contribution in [0, 0.1) is 18.4 Å². The molecule has 0 amide bonds. The number of anilines is 1. The smallest absolute Gasteiger partial charge is 0.212 e. The Morgan fingerprint density at radius 3 is 2.87 bits per heavy atom. The molecule has 3 aromatic rings. The number of benzene rings is 1. The molecule has 7 nitrogen and oxygen atoms in total. The predicted molar refractivity (Wildman–Crippen MR) is 120 cm³/mol. The van der Waals surface area contributed by atoms with Gasteiger partial charge in [0.05, 0.1) is 5.69 Å². The lowest BCUT2D eigenvalue weighted by molar-refractivity contribution is 0.267. The minimum absolute atomic E-state index is 0.212. The maximum absolute atomic E-state index is 9.31. The van der Waals surface area contributed by atoms with Crippen molar-refractivity contribution in [3.8, 4) is 6.19 Å². The van der Waals surface area contributed by atoms with Crippen LogP contribution in [-0.4, -0.2) is 46.5 Å². The summed E-state index contributed by atoms with van der Waals surface area (Å²) in [6, 6.07) is 16.2. The highest BCUT2D eigenvalue weighted by atomic mass is 15.4. The molecule has 1 fully saturated rings. The number of fused-ring (bicyclic) bond motifs is 1. The highest BCUT2D eigenvalue weighted by Crippen LogP contribution is 2.23. The number of pyridine rings is 2. The van der Waals surface area contributed by atoms with Crippen molar-refractivity contribution in [2.24, 2.45) is 4.99 Å². The molecule has 1 aromatic carbocycles. The molecule has 4 rings (SSSR count). The van der Waals surface area contributed by atoms with E-state index in [1.54, 1.807) is 6.20 Å². The number of hydrogen-bond donors (Lipinski definition) is 1. The predicted octanol–water partition coefficient (Wildman–Crippen LogP) is 3.60. The fourth-order valence-electron chi connectivity index (χ4n) is 3.83. The van der Waals surface area contributed by atoms with Crippen LogP contribution >= 0.6 is 0 Å². The Labute approximate surface area is 176 Å². The van der Waals surface area contributed by atoms with Crippen molar-refractivity contribution >= 4 is 28.5 Å². The Bertz CT molecular complexity index is 1100. The van der Waals surface area contributed by atoms with E-state index < -0.39 is 0 Å². The molecule has 0 spiro atoms. The third kappa shape index (κ3) is 4.03. The Hall–Kier alpha value is -3.66. The summed E-state index contributed by atoms with van der Waals surface area (Å²) in [5.41, 5.74) is 2.71. The lowest BCUT2D eigenvalue weighted by atomic mass is 10.1. The van der Waals surface area contributed by atoms with E-state index in [4.69, 9.17) is 9.98 Å². The van der Waals surface area contributed by atoms with E-state index in [-0.39, 0.29) is 6.04 Å². The van der Waals surface area contributed by atoms with Gasteiger partial charge in [0.2, 0.25) is 5.96 Å². The molecule has 0 aliphatic carbocycles. The van der Waals surface area contributed by atoms with Crippen LogP contribution in [0.1, 0.15) is 18.9 Å². The average molecular weight is 400 g/mol. The van der Waals surface area contributed by atoms with Gasteiger partial charge in [-0.15, -0.1) is 0 Å². The van der Waals surface area contributed by atoms with Crippen LogP contribution in [0.25, 0.3) is 11.0 Å². The first-order chi connectivity index (χ1) is 14.7. The van der Waals surface area contributed by atoms with E-state index in [2.05, 4.69) is 45.4 Å². The number of aromatic nitrogens is 2. The van der Waals surface area contributed by atoms with E-state index in [0.717, 1.165) is 54.2 Å². The summed E-state index contributed by atoms with van der Waals surface area (Å²) >= 11 is 0. The zero-order valence-electron chi connectivity index (χ0n) is 17.3. The topological polar surface area (TPSA) is 80.4 Å². The van der Waals surface area contributed by atoms with Crippen molar-refractivity contribution in [3.63, 3.8) is 0 Å². The van der Waals surface area contributed by atoms with Gasteiger partial charge in [0.25, 0.3) is 0 Å². The normalized spacial score (nSPS) is 17.1. The first-order valence-corrected chi connectivity index (χ1v) is 10.2. The largest absolute Gasteiger partial charge is 0.353 e. The van der Waals surface area contributed by atoms with Gasteiger partial charge in [-0.3, -0.25) is 5.32 Å². The summed E-state index contributed by atoms with van der Waals surface area (Å²) in [6.45, 7) is 6.54. The number of rotatable bonds is 3. The number of aryl methyl sites for hydroxylation is 1. The Morgan fingerprint density at radius 1 is 1.20 bits per heavy atom. The van der Waals surface area contributed by atoms with Crippen molar-refractivity contribution < 1.29 is 0 Å². The maximum Gasteiger partial charge on any atom is 0.212 e. The van der Waals surface area contributed by atoms with Crippen molar-refractivity contribution in [1.82, 2.24) is 20.2 Å². The van der Waals surface area contributed by atoms with Crippen molar-refractivity contribution in [3.05, 3.63) is 60.3 Å². The van der Waals surface area contributed by atoms with Crippen LogP contribution < -0.4 is 10.2 Å². The minimum Gasteiger partial charge on any atom is -0.353 e.